The fourth-order valence-electron chi connectivity index (χ4n) is 2.43. The number of hydrogen-bond acceptors (Lipinski definition) is 7. The number of para-hydroxylation sites is 2. The molecule has 8 nitrogen and oxygen atoms in total. The molecule has 1 aromatic carbocycles. The number of benzene rings is 1. The van der Waals surface area contributed by atoms with Crippen LogP contribution in [-0.2, 0) is 27.3 Å². The normalized spacial score (nSPS) is 16.5. The number of methoxy groups -OCH3 is 1. The summed E-state index contributed by atoms with van der Waals surface area (Å²) < 4.78 is 15.8. The maximum atomic E-state index is 12.7. The Morgan fingerprint density at radius 1 is 1.29 bits per heavy atom. The molecule has 0 bridgehead atoms. The molecule has 0 saturated heterocycles. The Morgan fingerprint density at radius 2 is 2.04 bits per heavy atom. The topological polar surface area (TPSA) is 94.8 Å². The SMILES string of the molecule is CCc1nnc(CN2C(=O)[C@H](CC(=O)OC)Oc3ccccc32)o1. The minimum absolute atomic E-state index is 0.115. The van der Waals surface area contributed by atoms with Gasteiger partial charge in [0.05, 0.1) is 19.2 Å². The third kappa shape index (κ3) is 3.08. The summed E-state index contributed by atoms with van der Waals surface area (Å²) in [7, 11) is 1.27. The molecule has 3 rings (SSSR count). The number of carbonyl (C=O) groups excluding carboxylic acids is 2. The maximum Gasteiger partial charge on any atom is 0.309 e. The number of esters is 1. The number of rotatable bonds is 5. The number of anilines is 1. The van der Waals surface area contributed by atoms with Crippen LogP contribution in [0.1, 0.15) is 25.1 Å². The van der Waals surface area contributed by atoms with Gasteiger partial charge in [-0.3, -0.25) is 14.5 Å². The number of carbonyl (C=O) groups is 2. The average Bonchev–Trinajstić information content (AvgIpc) is 3.06. The van der Waals surface area contributed by atoms with Gasteiger partial charge in [0.2, 0.25) is 11.8 Å². The Kier molecular flexibility index (Phi) is 4.45. The first-order valence-corrected chi connectivity index (χ1v) is 7.57. The van der Waals surface area contributed by atoms with Crippen molar-refractivity contribution in [2.45, 2.75) is 32.4 Å². The maximum absolute atomic E-state index is 12.7. The number of aryl methyl sites for hydroxylation is 1. The van der Waals surface area contributed by atoms with Crippen LogP contribution in [0.4, 0.5) is 5.69 Å². The highest BCUT2D eigenvalue weighted by Gasteiger charge is 2.36. The van der Waals surface area contributed by atoms with E-state index in [9.17, 15) is 9.59 Å². The van der Waals surface area contributed by atoms with Gasteiger partial charge in [0.25, 0.3) is 5.91 Å². The quantitative estimate of drug-likeness (QED) is 0.766. The lowest BCUT2D eigenvalue weighted by Crippen LogP contribution is -2.46. The first kappa shape index (κ1) is 16.0. The van der Waals surface area contributed by atoms with E-state index in [0.29, 0.717) is 29.6 Å². The van der Waals surface area contributed by atoms with Crippen molar-refractivity contribution < 1.29 is 23.5 Å². The molecule has 1 atom stereocenters. The predicted octanol–water partition coefficient (Wildman–Crippen LogP) is 1.49. The van der Waals surface area contributed by atoms with Gasteiger partial charge in [0, 0.05) is 6.42 Å². The summed E-state index contributed by atoms with van der Waals surface area (Å²) in [6.45, 7) is 2.02. The van der Waals surface area contributed by atoms with Crippen LogP contribution in [0.15, 0.2) is 28.7 Å². The van der Waals surface area contributed by atoms with E-state index in [2.05, 4.69) is 14.9 Å². The second-order valence-electron chi connectivity index (χ2n) is 5.22. The van der Waals surface area contributed by atoms with Crippen molar-refractivity contribution in [3.63, 3.8) is 0 Å². The molecule has 8 heteroatoms. The molecule has 0 N–H and O–H groups in total. The van der Waals surface area contributed by atoms with Gasteiger partial charge in [-0.2, -0.15) is 0 Å². The van der Waals surface area contributed by atoms with Crippen LogP contribution in [-0.4, -0.2) is 35.3 Å². The fraction of sp³-hybridized carbons (Fsp3) is 0.375. The van der Waals surface area contributed by atoms with E-state index in [1.54, 1.807) is 24.3 Å². The van der Waals surface area contributed by atoms with Crippen molar-refractivity contribution in [3.8, 4) is 5.75 Å². The van der Waals surface area contributed by atoms with E-state index in [-0.39, 0.29) is 18.9 Å². The van der Waals surface area contributed by atoms with Crippen molar-refractivity contribution in [2.24, 2.45) is 0 Å². The standard InChI is InChI=1S/C16H17N3O5/c1-3-13-17-18-14(24-13)9-19-10-6-4-5-7-11(10)23-12(16(19)21)8-15(20)22-2/h4-7,12H,3,8-9H2,1-2H3/t12-/m0/s1. The third-order valence-electron chi connectivity index (χ3n) is 3.65. The van der Waals surface area contributed by atoms with Gasteiger partial charge in [-0.1, -0.05) is 19.1 Å². The van der Waals surface area contributed by atoms with Crippen LogP contribution in [0.25, 0.3) is 0 Å². The Hall–Kier alpha value is -2.90. The lowest BCUT2D eigenvalue weighted by molar-refractivity contribution is -0.145. The van der Waals surface area contributed by atoms with Crippen molar-refractivity contribution in [1.82, 2.24) is 10.2 Å². The number of nitrogens with zero attached hydrogens (tertiary/aromatic N) is 3. The summed E-state index contributed by atoms with van der Waals surface area (Å²) in [5.74, 6) is 0.481. The third-order valence-corrected chi connectivity index (χ3v) is 3.65. The Balaban J connectivity index is 1.89. The highest BCUT2D eigenvalue weighted by molar-refractivity contribution is 6.01. The van der Waals surface area contributed by atoms with Crippen molar-refractivity contribution in [3.05, 3.63) is 36.0 Å². The number of aromatic nitrogens is 2. The lowest BCUT2D eigenvalue weighted by atomic mass is 10.1. The second-order valence-corrected chi connectivity index (χ2v) is 5.22. The van der Waals surface area contributed by atoms with Crippen LogP contribution in [0, 0.1) is 0 Å². The largest absolute Gasteiger partial charge is 0.478 e. The molecule has 0 saturated carbocycles. The average molecular weight is 331 g/mol. The molecule has 24 heavy (non-hydrogen) atoms. The zero-order valence-corrected chi connectivity index (χ0v) is 13.4. The molecule has 1 aromatic heterocycles. The van der Waals surface area contributed by atoms with Crippen LogP contribution < -0.4 is 9.64 Å². The van der Waals surface area contributed by atoms with Crippen LogP contribution in [0.2, 0.25) is 0 Å². The summed E-state index contributed by atoms with van der Waals surface area (Å²) in [5, 5.41) is 7.85. The number of amides is 1. The van der Waals surface area contributed by atoms with Gasteiger partial charge >= 0.3 is 5.97 Å². The Morgan fingerprint density at radius 3 is 2.75 bits per heavy atom. The van der Waals surface area contributed by atoms with Gasteiger partial charge in [-0.25, -0.2) is 0 Å². The Labute approximate surface area is 138 Å². The molecule has 2 aromatic rings. The molecule has 0 spiro atoms. The smallest absolute Gasteiger partial charge is 0.309 e. The molecule has 0 fully saturated rings. The summed E-state index contributed by atoms with van der Waals surface area (Å²) >= 11 is 0. The van der Waals surface area contributed by atoms with E-state index in [4.69, 9.17) is 9.15 Å². The van der Waals surface area contributed by atoms with E-state index < -0.39 is 12.1 Å². The van der Waals surface area contributed by atoms with Gasteiger partial charge < -0.3 is 13.9 Å². The van der Waals surface area contributed by atoms with E-state index in [1.165, 1.54) is 12.0 Å². The number of fused-ring (bicyclic) bond motifs is 1. The monoisotopic (exact) mass is 331 g/mol. The molecular weight excluding hydrogens is 314 g/mol. The van der Waals surface area contributed by atoms with Crippen LogP contribution in [0.3, 0.4) is 0 Å². The highest BCUT2D eigenvalue weighted by Crippen LogP contribution is 2.35. The first-order valence-electron chi connectivity index (χ1n) is 7.57. The van der Waals surface area contributed by atoms with Crippen molar-refractivity contribution >= 4 is 17.6 Å². The minimum Gasteiger partial charge on any atom is -0.478 e. The molecule has 1 aliphatic heterocycles. The van der Waals surface area contributed by atoms with Crippen molar-refractivity contribution in [2.75, 3.05) is 12.0 Å². The molecular formula is C16H17N3O5. The summed E-state index contributed by atoms with van der Waals surface area (Å²) in [5.41, 5.74) is 0.597. The second kappa shape index (κ2) is 6.69. The van der Waals surface area contributed by atoms with Crippen LogP contribution >= 0.6 is 0 Å². The number of ether oxygens (including phenoxy) is 2. The number of hydrogen-bond donors (Lipinski definition) is 0. The Bertz CT molecular complexity index is 758. The zero-order chi connectivity index (χ0) is 17.1. The van der Waals surface area contributed by atoms with Gasteiger partial charge in [0.1, 0.15) is 12.3 Å². The van der Waals surface area contributed by atoms with E-state index >= 15 is 0 Å². The molecule has 1 aliphatic rings. The highest BCUT2D eigenvalue weighted by atomic mass is 16.5. The predicted molar refractivity (Wildman–Crippen MR) is 82.4 cm³/mol. The summed E-state index contributed by atoms with van der Waals surface area (Å²) in [6, 6.07) is 7.10. The molecule has 0 aliphatic carbocycles. The minimum atomic E-state index is -0.944. The summed E-state index contributed by atoms with van der Waals surface area (Å²) in [6.07, 6.45) is -0.489. The zero-order valence-electron chi connectivity index (χ0n) is 13.4. The van der Waals surface area contributed by atoms with E-state index in [0.717, 1.165) is 0 Å². The molecule has 0 unspecified atom stereocenters. The fourth-order valence-corrected chi connectivity index (χ4v) is 2.43. The molecule has 1 amide bonds. The van der Waals surface area contributed by atoms with Crippen molar-refractivity contribution in [1.29, 1.82) is 0 Å². The molecule has 0 radical (unpaired) electrons. The lowest BCUT2D eigenvalue weighted by Gasteiger charge is -2.33. The summed E-state index contributed by atoms with van der Waals surface area (Å²) in [4.78, 5) is 25.7. The van der Waals surface area contributed by atoms with Gasteiger partial charge in [-0.15, -0.1) is 10.2 Å². The van der Waals surface area contributed by atoms with Gasteiger partial charge in [0.15, 0.2) is 6.10 Å². The van der Waals surface area contributed by atoms with Gasteiger partial charge in [-0.05, 0) is 12.1 Å². The molecule has 2 heterocycles. The first-order chi connectivity index (χ1) is 11.6. The molecule has 126 valence electrons. The van der Waals surface area contributed by atoms with E-state index in [1.807, 2.05) is 6.92 Å². The van der Waals surface area contributed by atoms with Crippen LogP contribution in [0.5, 0.6) is 5.75 Å².